The van der Waals surface area contributed by atoms with Gasteiger partial charge < -0.3 is 4.74 Å². The van der Waals surface area contributed by atoms with E-state index in [1.54, 1.807) is 6.20 Å². The maximum atomic E-state index is 5.94. The molecule has 0 saturated carbocycles. The summed E-state index contributed by atoms with van der Waals surface area (Å²) in [6, 6.07) is 10.5. The Hall–Kier alpha value is -1.47. The van der Waals surface area contributed by atoms with Crippen LogP contribution in [-0.2, 0) is 4.74 Å². The topological polar surface area (TPSA) is 39.9 Å². The summed E-state index contributed by atoms with van der Waals surface area (Å²) in [6.07, 6.45) is 7.05. The van der Waals surface area contributed by atoms with Crippen molar-refractivity contribution in [2.75, 3.05) is 6.61 Å². The first-order valence-electron chi connectivity index (χ1n) is 7.53. The van der Waals surface area contributed by atoms with Crippen LogP contribution in [0.1, 0.15) is 25.5 Å². The molecule has 5 heteroatoms. The van der Waals surface area contributed by atoms with Gasteiger partial charge in [-0.1, -0.05) is 0 Å². The maximum Gasteiger partial charge on any atom is 0.150 e. The second-order valence-corrected chi connectivity index (χ2v) is 6.76. The van der Waals surface area contributed by atoms with Gasteiger partial charge in [0.15, 0.2) is 6.23 Å². The van der Waals surface area contributed by atoms with Crippen molar-refractivity contribution in [3.05, 3.63) is 46.3 Å². The van der Waals surface area contributed by atoms with Crippen LogP contribution in [0.25, 0.3) is 22.2 Å². The van der Waals surface area contributed by atoms with E-state index in [-0.39, 0.29) is 6.23 Å². The molecule has 1 unspecified atom stereocenters. The molecular weight excluding hydrogens is 389 g/mol. The Bertz CT molecular complexity index is 794. The van der Waals surface area contributed by atoms with Crippen LogP contribution >= 0.6 is 22.6 Å². The third-order valence-corrected chi connectivity index (χ3v) is 4.70. The van der Waals surface area contributed by atoms with Crippen molar-refractivity contribution >= 4 is 33.5 Å². The van der Waals surface area contributed by atoms with Gasteiger partial charge in [0.25, 0.3) is 0 Å². The monoisotopic (exact) mass is 405 g/mol. The van der Waals surface area contributed by atoms with E-state index in [9.17, 15) is 0 Å². The second kappa shape index (κ2) is 5.96. The van der Waals surface area contributed by atoms with E-state index in [1.165, 1.54) is 9.99 Å². The molecule has 1 aromatic carbocycles. The van der Waals surface area contributed by atoms with E-state index in [0.717, 1.165) is 41.6 Å². The van der Waals surface area contributed by atoms with E-state index in [4.69, 9.17) is 9.84 Å². The summed E-state index contributed by atoms with van der Waals surface area (Å²) in [5.74, 6) is 0. The van der Waals surface area contributed by atoms with Gasteiger partial charge in [-0.05, 0) is 72.2 Å². The Labute approximate surface area is 142 Å². The Morgan fingerprint density at radius 1 is 1.23 bits per heavy atom. The van der Waals surface area contributed by atoms with Crippen LogP contribution in [0, 0.1) is 3.57 Å². The van der Waals surface area contributed by atoms with Gasteiger partial charge in [0.1, 0.15) is 5.69 Å². The van der Waals surface area contributed by atoms with Gasteiger partial charge in [-0.3, -0.25) is 4.98 Å². The summed E-state index contributed by atoms with van der Waals surface area (Å²) < 4.78 is 9.21. The van der Waals surface area contributed by atoms with E-state index < -0.39 is 0 Å². The zero-order valence-corrected chi connectivity index (χ0v) is 14.2. The minimum absolute atomic E-state index is 0.0415. The van der Waals surface area contributed by atoms with Crippen molar-refractivity contribution in [1.82, 2.24) is 14.8 Å². The van der Waals surface area contributed by atoms with Crippen molar-refractivity contribution in [3.63, 3.8) is 0 Å². The molecule has 4 nitrogen and oxygen atoms in total. The highest BCUT2D eigenvalue weighted by Gasteiger charge is 2.21. The lowest BCUT2D eigenvalue weighted by atomic mass is 10.1. The van der Waals surface area contributed by atoms with E-state index in [0.29, 0.717) is 0 Å². The summed E-state index contributed by atoms with van der Waals surface area (Å²) >= 11 is 2.35. The number of ether oxygens (including phenoxy) is 1. The highest BCUT2D eigenvalue weighted by Crippen LogP contribution is 2.33. The molecule has 3 heterocycles. The fourth-order valence-corrected chi connectivity index (χ4v) is 3.44. The molecule has 1 aliphatic rings. The summed E-state index contributed by atoms with van der Waals surface area (Å²) in [7, 11) is 0. The van der Waals surface area contributed by atoms with Gasteiger partial charge in [-0.25, -0.2) is 4.68 Å². The lowest BCUT2D eigenvalue weighted by Crippen LogP contribution is -2.19. The zero-order valence-electron chi connectivity index (χ0n) is 12.1. The number of pyridine rings is 1. The number of hydrogen-bond acceptors (Lipinski definition) is 3. The van der Waals surface area contributed by atoms with Crippen molar-refractivity contribution < 1.29 is 4.74 Å². The summed E-state index contributed by atoms with van der Waals surface area (Å²) in [6.45, 7) is 0.818. The molecule has 0 spiro atoms. The Balaban J connectivity index is 1.91. The molecule has 2 aromatic heterocycles. The highest BCUT2D eigenvalue weighted by atomic mass is 127. The van der Waals surface area contributed by atoms with Crippen LogP contribution in [0.3, 0.4) is 0 Å². The van der Waals surface area contributed by atoms with Gasteiger partial charge in [0.05, 0.1) is 5.52 Å². The van der Waals surface area contributed by atoms with Gasteiger partial charge in [-0.2, -0.15) is 5.10 Å². The van der Waals surface area contributed by atoms with E-state index >= 15 is 0 Å². The first kappa shape index (κ1) is 14.1. The second-order valence-electron chi connectivity index (χ2n) is 5.52. The molecule has 1 aliphatic heterocycles. The molecule has 1 fully saturated rings. The summed E-state index contributed by atoms with van der Waals surface area (Å²) in [5.41, 5.74) is 3.16. The average molecular weight is 405 g/mol. The minimum Gasteiger partial charge on any atom is -0.356 e. The number of benzene rings is 1. The molecule has 4 rings (SSSR count). The van der Waals surface area contributed by atoms with E-state index in [2.05, 4.69) is 56.5 Å². The fraction of sp³-hybridized carbons (Fsp3) is 0.294. The van der Waals surface area contributed by atoms with Crippen LogP contribution in [0.5, 0.6) is 0 Å². The van der Waals surface area contributed by atoms with Gasteiger partial charge in [-0.15, -0.1) is 0 Å². The smallest absolute Gasteiger partial charge is 0.150 e. The number of fused-ring (bicyclic) bond motifs is 1. The van der Waals surface area contributed by atoms with Gasteiger partial charge in [0, 0.05) is 33.5 Å². The van der Waals surface area contributed by atoms with Gasteiger partial charge in [0.2, 0.25) is 0 Å². The molecule has 0 N–H and O–H groups in total. The molecule has 1 atom stereocenters. The molecule has 0 bridgehead atoms. The molecule has 0 aliphatic carbocycles. The number of nitrogens with zero attached hydrogens (tertiary/aromatic N) is 3. The molecule has 22 heavy (non-hydrogen) atoms. The van der Waals surface area contributed by atoms with Crippen molar-refractivity contribution in [3.8, 4) is 11.3 Å². The van der Waals surface area contributed by atoms with Crippen molar-refractivity contribution in [2.24, 2.45) is 0 Å². The van der Waals surface area contributed by atoms with Crippen LogP contribution in [0.4, 0.5) is 0 Å². The molecule has 112 valence electrons. The fourth-order valence-electron chi connectivity index (χ4n) is 2.96. The quantitative estimate of drug-likeness (QED) is 0.594. The van der Waals surface area contributed by atoms with Crippen LogP contribution < -0.4 is 0 Å². The summed E-state index contributed by atoms with van der Waals surface area (Å²) in [5, 5.41) is 6.03. The molecule has 1 saturated heterocycles. The van der Waals surface area contributed by atoms with Crippen molar-refractivity contribution in [1.29, 1.82) is 0 Å². The number of halogens is 1. The standard InChI is InChI=1S/C17H16IN3O/c18-13-6-7-14-15(10-13)21(16-5-1-2-9-22-16)20-17(14)12-4-3-8-19-11-12/h3-4,6-8,10-11,16H,1-2,5,9H2. The molecule has 0 amide bonds. The largest absolute Gasteiger partial charge is 0.356 e. The number of aromatic nitrogens is 3. The minimum atomic E-state index is 0.0415. The predicted molar refractivity (Wildman–Crippen MR) is 94.5 cm³/mol. The van der Waals surface area contributed by atoms with Gasteiger partial charge >= 0.3 is 0 Å². The van der Waals surface area contributed by atoms with Crippen molar-refractivity contribution in [2.45, 2.75) is 25.5 Å². The van der Waals surface area contributed by atoms with Crippen LogP contribution in [-0.4, -0.2) is 21.4 Å². The summed E-state index contributed by atoms with van der Waals surface area (Å²) in [4.78, 5) is 4.23. The zero-order chi connectivity index (χ0) is 14.9. The lowest BCUT2D eigenvalue weighted by Gasteiger charge is -2.23. The molecule has 0 radical (unpaired) electrons. The van der Waals surface area contributed by atoms with Crippen LogP contribution in [0.15, 0.2) is 42.7 Å². The number of rotatable bonds is 2. The predicted octanol–water partition coefficient (Wildman–Crippen LogP) is 4.40. The molecule has 3 aromatic rings. The highest BCUT2D eigenvalue weighted by molar-refractivity contribution is 14.1. The Morgan fingerprint density at radius 3 is 2.95 bits per heavy atom. The third kappa shape index (κ3) is 2.52. The third-order valence-electron chi connectivity index (χ3n) is 4.03. The lowest BCUT2D eigenvalue weighted by molar-refractivity contribution is -0.0365. The SMILES string of the molecule is Ic1ccc2c(-c3cccnc3)nn(C3CCCCO3)c2c1. The average Bonchev–Trinajstić information content (AvgIpc) is 2.95. The van der Waals surface area contributed by atoms with Crippen LogP contribution in [0.2, 0.25) is 0 Å². The first-order valence-corrected chi connectivity index (χ1v) is 8.60. The number of hydrogen-bond donors (Lipinski definition) is 0. The maximum absolute atomic E-state index is 5.94. The molecular formula is C17H16IN3O. The van der Waals surface area contributed by atoms with E-state index in [1.807, 2.05) is 12.3 Å². The first-order chi connectivity index (χ1) is 10.8. The normalized spacial score (nSPS) is 18.7. The Kier molecular flexibility index (Phi) is 3.83. The Morgan fingerprint density at radius 2 is 2.18 bits per heavy atom.